The lowest BCUT2D eigenvalue weighted by atomic mass is 10.1. The van der Waals surface area contributed by atoms with E-state index in [4.69, 9.17) is 5.73 Å². The number of pyridine rings is 1. The summed E-state index contributed by atoms with van der Waals surface area (Å²) < 4.78 is 26.0. The fourth-order valence-corrected chi connectivity index (χ4v) is 1.43. The number of aryl methyl sites for hydroxylation is 1. The molecule has 0 spiro atoms. The zero-order chi connectivity index (χ0) is 11.7. The molecule has 2 aromatic rings. The molecule has 0 atom stereocenters. The van der Waals surface area contributed by atoms with Crippen molar-refractivity contribution < 1.29 is 8.78 Å². The number of nitrogens with two attached hydrogens (primary N) is 1. The van der Waals surface area contributed by atoms with Crippen molar-refractivity contribution >= 4 is 5.69 Å². The van der Waals surface area contributed by atoms with Crippen LogP contribution in [0.15, 0.2) is 30.5 Å². The Morgan fingerprint density at radius 3 is 2.19 bits per heavy atom. The van der Waals surface area contributed by atoms with Gasteiger partial charge in [-0.3, -0.25) is 4.98 Å². The van der Waals surface area contributed by atoms with Gasteiger partial charge in [-0.2, -0.15) is 0 Å². The summed E-state index contributed by atoms with van der Waals surface area (Å²) in [5, 5.41) is 0. The van der Waals surface area contributed by atoms with Gasteiger partial charge in [0.05, 0.1) is 11.4 Å². The van der Waals surface area contributed by atoms with Crippen LogP contribution in [0.3, 0.4) is 0 Å². The second-order valence-electron chi connectivity index (χ2n) is 3.56. The molecule has 1 aromatic carbocycles. The normalized spacial score (nSPS) is 10.4. The van der Waals surface area contributed by atoms with Crippen molar-refractivity contribution in [3.8, 4) is 11.1 Å². The number of halogens is 2. The third-order valence-corrected chi connectivity index (χ3v) is 2.32. The highest BCUT2D eigenvalue weighted by Crippen LogP contribution is 2.23. The van der Waals surface area contributed by atoms with E-state index in [0.717, 1.165) is 6.07 Å². The van der Waals surface area contributed by atoms with E-state index in [0.29, 0.717) is 22.5 Å². The molecule has 1 aromatic heterocycles. The molecular formula is C12H10F2N2. The molecule has 0 bridgehead atoms. The lowest BCUT2D eigenvalue weighted by Gasteiger charge is -2.05. The maximum Gasteiger partial charge on any atom is 0.126 e. The molecule has 82 valence electrons. The van der Waals surface area contributed by atoms with Crippen LogP contribution in [0.4, 0.5) is 14.5 Å². The number of hydrogen-bond donors (Lipinski definition) is 1. The Labute approximate surface area is 91.7 Å². The molecule has 0 radical (unpaired) electrons. The molecule has 0 aliphatic heterocycles. The molecule has 2 N–H and O–H groups in total. The first kappa shape index (κ1) is 10.5. The first-order chi connectivity index (χ1) is 7.56. The predicted molar refractivity (Wildman–Crippen MR) is 58.7 cm³/mol. The third kappa shape index (κ3) is 2.00. The van der Waals surface area contributed by atoms with Crippen LogP contribution in [-0.2, 0) is 0 Å². The van der Waals surface area contributed by atoms with Crippen molar-refractivity contribution in [2.75, 3.05) is 5.73 Å². The quantitative estimate of drug-likeness (QED) is 0.802. The van der Waals surface area contributed by atoms with Crippen LogP contribution in [0.1, 0.15) is 5.69 Å². The van der Waals surface area contributed by atoms with Crippen molar-refractivity contribution in [2.45, 2.75) is 6.92 Å². The van der Waals surface area contributed by atoms with Gasteiger partial charge in [-0.25, -0.2) is 8.78 Å². The zero-order valence-corrected chi connectivity index (χ0v) is 8.67. The highest BCUT2D eigenvalue weighted by molar-refractivity contribution is 5.67. The summed E-state index contributed by atoms with van der Waals surface area (Å²) in [6, 6.07) is 4.97. The van der Waals surface area contributed by atoms with E-state index in [1.165, 1.54) is 12.1 Å². The minimum atomic E-state index is -0.617. The largest absolute Gasteiger partial charge is 0.397 e. The van der Waals surface area contributed by atoms with Crippen LogP contribution in [-0.4, -0.2) is 4.98 Å². The van der Waals surface area contributed by atoms with E-state index in [-0.39, 0.29) is 0 Å². The first-order valence-corrected chi connectivity index (χ1v) is 4.75. The summed E-state index contributed by atoms with van der Waals surface area (Å²) in [5.41, 5.74) is 7.91. The van der Waals surface area contributed by atoms with E-state index in [1.54, 1.807) is 19.2 Å². The van der Waals surface area contributed by atoms with Crippen LogP contribution in [0.5, 0.6) is 0 Å². The highest BCUT2D eigenvalue weighted by atomic mass is 19.1. The van der Waals surface area contributed by atoms with Crippen LogP contribution >= 0.6 is 0 Å². The fourth-order valence-electron chi connectivity index (χ4n) is 1.43. The topological polar surface area (TPSA) is 38.9 Å². The van der Waals surface area contributed by atoms with E-state index in [1.807, 2.05) is 0 Å². The van der Waals surface area contributed by atoms with E-state index in [2.05, 4.69) is 4.98 Å². The van der Waals surface area contributed by atoms with Gasteiger partial charge in [0.15, 0.2) is 0 Å². The Balaban J connectivity index is 2.54. The number of nitrogen functional groups attached to an aromatic ring is 1. The molecule has 0 fully saturated rings. The molecule has 0 amide bonds. The van der Waals surface area contributed by atoms with Crippen LogP contribution in [0.2, 0.25) is 0 Å². The smallest absolute Gasteiger partial charge is 0.126 e. The van der Waals surface area contributed by atoms with Gasteiger partial charge < -0.3 is 5.73 Å². The van der Waals surface area contributed by atoms with Crippen LogP contribution in [0, 0.1) is 18.6 Å². The number of hydrogen-bond acceptors (Lipinski definition) is 2. The summed E-state index contributed by atoms with van der Waals surface area (Å²) in [6.07, 6.45) is 1.54. The predicted octanol–water partition coefficient (Wildman–Crippen LogP) is 2.92. The summed E-state index contributed by atoms with van der Waals surface area (Å²) in [6.45, 7) is 1.77. The average molecular weight is 220 g/mol. The lowest BCUT2D eigenvalue weighted by Crippen LogP contribution is -1.94. The van der Waals surface area contributed by atoms with E-state index >= 15 is 0 Å². The summed E-state index contributed by atoms with van der Waals surface area (Å²) >= 11 is 0. The maximum absolute atomic E-state index is 13.0. The lowest BCUT2D eigenvalue weighted by molar-refractivity contribution is 0.584. The second kappa shape index (κ2) is 3.89. The molecule has 0 saturated carbocycles. The molecule has 2 nitrogen and oxygen atoms in total. The van der Waals surface area contributed by atoms with Gasteiger partial charge >= 0.3 is 0 Å². The molecule has 1 heterocycles. The first-order valence-electron chi connectivity index (χ1n) is 4.75. The van der Waals surface area contributed by atoms with Crippen molar-refractivity contribution in [3.63, 3.8) is 0 Å². The van der Waals surface area contributed by atoms with Gasteiger partial charge in [-0.05, 0) is 30.7 Å². The van der Waals surface area contributed by atoms with Crippen LogP contribution in [0.25, 0.3) is 11.1 Å². The molecule has 2 rings (SSSR count). The average Bonchev–Trinajstić information content (AvgIpc) is 2.20. The molecular weight excluding hydrogens is 210 g/mol. The monoisotopic (exact) mass is 220 g/mol. The SMILES string of the molecule is Cc1ncc(-c2cc(F)cc(F)c2)cc1N. The Morgan fingerprint density at radius 2 is 1.62 bits per heavy atom. The number of rotatable bonds is 1. The number of benzene rings is 1. The Morgan fingerprint density at radius 1 is 1.00 bits per heavy atom. The standard InChI is InChI=1S/C12H10F2N2/c1-7-12(15)4-9(6-16-7)8-2-10(13)5-11(14)3-8/h2-6H,15H2,1H3. The van der Waals surface area contributed by atoms with Gasteiger partial charge in [0, 0.05) is 17.8 Å². The number of nitrogens with zero attached hydrogens (tertiary/aromatic N) is 1. The molecule has 0 aliphatic carbocycles. The van der Waals surface area contributed by atoms with Crippen molar-refractivity contribution in [1.82, 2.24) is 4.98 Å². The molecule has 16 heavy (non-hydrogen) atoms. The highest BCUT2D eigenvalue weighted by Gasteiger charge is 2.05. The van der Waals surface area contributed by atoms with E-state index < -0.39 is 11.6 Å². The molecule has 0 saturated heterocycles. The third-order valence-electron chi connectivity index (χ3n) is 2.32. The van der Waals surface area contributed by atoms with Gasteiger partial charge in [0.25, 0.3) is 0 Å². The second-order valence-corrected chi connectivity index (χ2v) is 3.56. The number of aromatic nitrogens is 1. The summed E-state index contributed by atoms with van der Waals surface area (Å²) in [7, 11) is 0. The minimum absolute atomic E-state index is 0.428. The number of anilines is 1. The molecule has 0 aliphatic rings. The van der Waals surface area contributed by atoms with Gasteiger partial charge in [0.1, 0.15) is 11.6 Å². The summed E-state index contributed by atoms with van der Waals surface area (Å²) in [5.74, 6) is -1.23. The Kier molecular flexibility index (Phi) is 2.56. The molecule has 4 heteroatoms. The molecule has 0 unspecified atom stereocenters. The minimum Gasteiger partial charge on any atom is -0.397 e. The van der Waals surface area contributed by atoms with Gasteiger partial charge in [-0.1, -0.05) is 0 Å². The zero-order valence-electron chi connectivity index (χ0n) is 8.67. The van der Waals surface area contributed by atoms with Crippen molar-refractivity contribution in [1.29, 1.82) is 0 Å². The van der Waals surface area contributed by atoms with E-state index in [9.17, 15) is 8.78 Å². The van der Waals surface area contributed by atoms with Gasteiger partial charge in [-0.15, -0.1) is 0 Å². The fraction of sp³-hybridized carbons (Fsp3) is 0.0833. The van der Waals surface area contributed by atoms with Crippen molar-refractivity contribution in [3.05, 3.63) is 47.8 Å². The Hall–Kier alpha value is -1.97. The van der Waals surface area contributed by atoms with Gasteiger partial charge in [0.2, 0.25) is 0 Å². The van der Waals surface area contributed by atoms with Crippen LogP contribution < -0.4 is 5.73 Å². The summed E-state index contributed by atoms with van der Waals surface area (Å²) in [4.78, 5) is 4.04. The van der Waals surface area contributed by atoms with Crippen molar-refractivity contribution in [2.24, 2.45) is 0 Å². The Bertz CT molecular complexity index is 518. The maximum atomic E-state index is 13.0.